The normalized spacial score (nSPS) is 19.9. The second-order valence-corrected chi connectivity index (χ2v) is 5.04. The highest BCUT2D eigenvalue weighted by Crippen LogP contribution is 2.17. The molecule has 0 spiro atoms. The van der Waals surface area contributed by atoms with Crippen molar-refractivity contribution < 1.29 is 32.4 Å². The molecule has 130 valence electrons. The molecule has 0 radical (unpaired) electrons. The van der Waals surface area contributed by atoms with Gasteiger partial charge in [0, 0.05) is 6.54 Å². The van der Waals surface area contributed by atoms with Crippen molar-refractivity contribution in [1.29, 1.82) is 0 Å². The number of hydrogen-bond acceptors (Lipinski definition) is 4. The molecule has 2 rings (SSSR count). The van der Waals surface area contributed by atoms with Crippen molar-refractivity contribution in [2.45, 2.75) is 18.8 Å². The van der Waals surface area contributed by atoms with Crippen molar-refractivity contribution in [2.24, 2.45) is 5.92 Å². The summed E-state index contributed by atoms with van der Waals surface area (Å²) in [5.74, 6) is -4.81. The topological polar surface area (TPSA) is 96.5 Å². The van der Waals surface area contributed by atoms with Gasteiger partial charge in [0.2, 0.25) is 5.91 Å². The maximum atomic E-state index is 12.1. The van der Waals surface area contributed by atoms with E-state index in [0.29, 0.717) is 0 Å². The predicted octanol–water partition coefficient (Wildman–Crippen LogP) is 0.0275. The second kappa shape index (κ2) is 7.30. The third kappa shape index (κ3) is 4.44. The summed E-state index contributed by atoms with van der Waals surface area (Å²) < 4.78 is 36.2. The van der Waals surface area contributed by atoms with E-state index < -0.39 is 42.4 Å². The molecule has 24 heavy (non-hydrogen) atoms. The Balaban J connectivity index is 1.78. The summed E-state index contributed by atoms with van der Waals surface area (Å²) in [6.45, 7) is -0.447. The molecule has 0 aliphatic carbocycles. The van der Waals surface area contributed by atoms with Gasteiger partial charge in [-0.25, -0.2) is 5.48 Å². The van der Waals surface area contributed by atoms with E-state index in [-0.39, 0.29) is 6.61 Å². The van der Waals surface area contributed by atoms with Crippen LogP contribution in [0.15, 0.2) is 30.3 Å². The van der Waals surface area contributed by atoms with Crippen LogP contribution in [0.5, 0.6) is 0 Å². The van der Waals surface area contributed by atoms with Crippen LogP contribution in [0.3, 0.4) is 0 Å². The Morgan fingerprint density at radius 2 is 1.88 bits per heavy atom. The number of carbonyl (C=O) groups excluding carboxylic acids is 3. The number of halogens is 3. The number of hydrogen-bond donors (Lipinski definition) is 3. The molecule has 1 aromatic rings. The largest absolute Gasteiger partial charge is 0.471 e. The van der Waals surface area contributed by atoms with Crippen LogP contribution in [0.4, 0.5) is 13.2 Å². The first-order chi connectivity index (χ1) is 11.3. The fourth-order valence-electron chi connectivity index (χ4n) is 2.04. The van der Waals surface area contributed by atoms with Crippen LogP contribution in [0.1, 0.15) is 5.56 Å². The van der Waals surface area contributed by atoms with Gasteiger partial charge >= 0.3 is 12.1 Å². The highest BCUT2D eigenvalue weighted by molar-refractivity contribution is 6.05. The van der Waals surface area contributed by atoms with Crippen LogP contribution in [0.25, 0.3) is 0 Å². The van der Waals surface area contributed by atoms with Gasteiger partial charge in [-0.3, -0.25) is 19.2 Å². The maximum absolute atomic E-state index is 12.1. The van der Waals surface area contributed by atoms with E-state index >= 15 is 0 Å². The summed E-state index contributed by atoms with van der Waals surface area (Å²) in [4.78, 5) is 38.9. The monoisotopic (exact) mass is 345 g/mol. The molecule has 10 heteroatoms. The fourth-order valence-corrected chi connectivity index (χ4v) is 2.04. The molecule has 1 saturated heterocycles. The summed E-state index contributed by atoms with van der Waals surface area (Å²) in [6.07, 6.45) is -5.02. The quantitative estimate of drug-likeness (QED) is 0.385. The van der Waals surface area contributed by atoms with Crippen LogP contribution in [0, 0.1) is 5.92 Å². The van der Waals surface area contributed by atoms with Crippen LogP contribution < -0.4 is 16.1 Å². The lowest BCUT2D eigenvalue weighted by atomic mass is 9.90. The maximum Gasteiger partial charge on any atom is 0.471 e. The molecule has 1 aromatic carbocycles. The molecule has 3 N–H and O–H groups in total. The average molecular weight is 345 g/mol. The summed E-state index contributed by atoms with van der Waals surface area (Å²) in [5.41, 5.74) is 2.86. The van der Waals surface area contributed by atoms with Gasteiger partial charge in [0.25, 0.3) is 5.91 Å². The molecule has 7 nitrogen and oxygen atoms in total. The van der Waals surface area contributed by atoms with Crippen molar-refractivity contribution in [1.82, 2.24) is 16.1 Å². The van der Waals surface area contributed by atoms with E-state index in [4.69, 9.17) is 4.84 Å². The SMILES string of the molecule is O=C(NOCc1ccccc1)C1C(=O)NC1CNC(=O)C(F)(F)F. The van der Waals surface area contributed by atoms with Gasteiger partial charge in [0.1, 0.15) is 5.92 Å². The number of nitrogens with one attached hydrogen (secondary N) is 3. The van der Waals surface area contributed by atoms with Crippen LogP contribution in [-0.4, -0.2) is 36.5 Å². The van der Waals surface area contributed by atoms with Gasteiger partial charge in [0.15, 0.2) is 0 Å². The molecule has 2 atom stereocenters. The molecular weight excluding hydrogens is 331 g/mol. The van der Waals surface area contributed by atoms with E-state index in [1.807, 2.05) is 0 Å². The van der Waals surface area contributed by atoms with Crippen LogP contribution in [0.2, 0.25) is 0 Å². The minimum atomic E-state index is -5.02. The number of hydroxylamine groups is 1. The van der Waals surface area contributed by atoms with Gasteiger partial charge < -0.3 is 10.6 Å². The van der Waals surface area contributed by atoms with Gasteiger partial charge in [0.05, 0.1) is 12.6 Å². The fraction of sp³-hybridized carbons (Fsp3) is 0.357. The number of benzene rings is 1. The van der Waals surface area contributed by atoms with Crippen molar-refractivity contribution in [3.8, 4) is 0 Å². The molecular formula is C14H14F3N3O4. The second-order valence-electron chi connectivity index (χ2n) is 5.04. The van der Waals surface area contributed by atoms with E-state index in [9.17, 15) is 27.6 Å². The molecule has 1 aliphatic heterocycles. The number of carbonyl (C=O) groups is 3. The van der Waals surface area contributed by atoms with Gasteiger partial charge in [-0.15, -0.1) is 0 Å². The molecule has 1 heterocycles. The predicted molar refractivity (Wildman–Crippen MR) is 73.9 cm³/mol. The molecule has 0 bridgehead atoms. The first-order valence-electron chi connectivity index (χ1n) is 6.90. The third-order valence-electron chi connectivity index (χ3n) is 3.29. The first-order valence-corrected chi connectivity index (χ1v) is 6.90. The lowest BCUT2D eigenvalue weighted by Gasteiger charge is -2.35. The average Bonchev–Trinajstić information content (AvgIpc) is 2.50. The zero-order valence-corrected chi connectivity index (χ0v) is 12.2. The molecule has 1 fully saturated rings. The minimum Gasteiger partial charge on any atom is -0.349 e. The summed E-state index contributed by atoms with van der Waals surface area (Å²) in [5, 5.41) is 3.86. The Hall–Kier alpha value is -2.62. The molecule has 1 aliphatic rings. The highest BCUT2D eigenvalue weighted by atomic mass is 19.4. The standard InChI is InChI=1S/C14H14F3N3O4/c15-14(16,17)13(23)18-6-9-10(11(21)19-9)12(22)20-24-7-8-4-2-1-3-5-8/h1-5,9-10H,6-7H2,(H,18,23)(H,19,21)(H,20,22). The minimum absolute atomic E-state index is 0.0659. The van der Waals surface area contributed by atoms with Crippen LogP contribution >= 0.6 is 0 Å². The van der Waals surface area contributed by atoms with E-state index in [1.165, 1.54) is 0 Å². The Kier molecular flexibility index (Phi) is 5.39. The lowest BCUT2D eigenvalue weighted by molar-refractivity contribution is -0.174. The zero-order chi connectivity index (χ0) is 17.7. The Morgan fingerprint density at radius 3 is 2.46 bits per heavy atom. The van der Waals surface area contributed by atoms with Gasteiger partial charge in [-0.05, 0) is 5.56 Å². The lowest BCUT2D eigenvalue weighted by Crippen LogP contribution is -2.67. The molecule has 0 aromatic heterocycles. The Bertz CT molecular complexity index is 621. The third-order valence-corrected chi connectivity index (χ3v) is 3.29. The first kappa shape index (κ1) is 17.7. The smallest absolute Gasteiger partial charge is 0.349 e. The summed E-state index contributed by atoms with van der Waals surface area (Å²) >= 11 is 0. The molecule has 3 amide bonds. The number of amides is 3. The van der Waals surface area contributed by atoms with Crippen molar-refractivity contribution in [3.05, 3.63) is 35.9 Å². The van der Waals surface area contributed by atoms with Crippen molar-refractivity contribution >= 4 is 17.7 Å². The Labute approximate surface area is 134 Å². The van der Waals surface area contributed by atoms with E-state index in [2.05, 4.69) is 10.8 Å². The highest BCUT2D eigenvalue weighted by Gasteiger charge is 2.46. The number of rotatable bonds is 6. The summed E-state index contributed by atoms with van der Waals surface area (Å²) in [6, 6.07) is 7.96. The van der Waals surface area contributed by atoms with Crippen molar-refractivity contribution in [3.63, 3.8) is 0 Å². The molecule has 0 saturated carbocycles. The van der Waals surface area contributed by atoms with Crippen molar-refractivity contribution in [2.75, 3.05) is 6.54 Å². The zero-order valence-electron chi connectivity index (χ0n) is 12.2. The molecule has 2 unspecified atom stereocenters. The summed E-state index contributed by atoms with van der Waals surface area (Å²) in [7, 11) is 0. The van der Waals surface area contributed by atoms with E-state index in [1.54, 1.807) is 35.6 Å². The number of β-lactam (4-membered cyclic amide) rings is 1. The Morgan fingerprint density at radius 1 is 1.21 bits per heavy atom. The number of alkyl halides is 3. The van der Waals surface area contributed by atoms with Crippen LogP contribution in [-0.2, 0) is 25.8 Å². The van der Waals surface area contributed by atoms with E-state index in [0.717, 1.165) is 5.56 Å². The van der Waals surface area contributed by atoms with Gasteiger partial charge in [-0.2, -0.15) is 13.2 Å². The van der Waals surface area contributed by atoms with Gasteiger partial charge in [-0.1, -0.05) is 30.3 Å².